The average Bonchev–Trinajstić information content (AvgIpc) is 2.95. The number of carbonyl (C=O) groups is 1. The molecule has 1 aliphatic heterocycles. The fourth-order valence-electron chi connectivity index (χ4n) is 2.42. The Labute approximate surface area is 122 Å². The minimum absolute atomic E-state index is 0.0947. The normalized spacial score (nSPS) is 16.9. The molecule has 0 bridgehead atoms. The second-order valence-corrected chi connectivity index (χ2v) is 4.90. The number of hydrogen-bond donors (Lipinski definition) is 2. The summed E-state index contributed by atoms with van der Waals surface area (Å²) in [4.78, 5) is 20.4. The SMILES string of the molecule is COc1cccc(NC(=O)NC2CCc3nccn3C2)n1. The number of anilines is 1. The van der Waals surface area contributed by atoms with Gasteiger partial charge in [0.05, 0.1) is 7.11 Å². The molecule has 3 heterocycles. The van der Waals surface area contributed by atoms with Gasteiger partial charge in [-0.1, -0.05) is 6.07 Å². The Hall–Kier alpha value is -2.57. The van der Waals surface area contributed by atoms with E-state index < -0.39 is 0 Å². The van der Waals surface area contributed by atoms with Gasteiger partial charge >= 0.3 is 6.03 Å². The number of ether oxygens (including phenoxy) is 1. The van der Waals surface area contributed by atoms with E-state index in [9.17, 15) is 4.79 Å². The summed E-state index contributed by atoms with van der Waals surface area (Å²) < 4.78 is 7.09. The van der Waals surface area contributed by atoms with E-state index in [0.717, 1.165) is 25.2 Å². The molecule has 0 aliphatic carbocycles. The van der Waals surface area contributed by atoms with Gasteiger partial charge in [0.15, 0.2) is 0 Å². The molecule has 2 aromatic rings. The van der Waals surface area contributed by atoms with Gasteiger partial charge in [-0.25, -0.2) is 9.78 Å². The van der Waals surface area contributed by atoms with E-state index in [1.54, 1.807) is 24.4 Å². The molecule has 1 aliphatic rings. The number of fused-ring (bicyclic) bond motifs is 1. The maximum atomic E-state index is 12.0. The van der Waals surface area contributed by atoms with Gasteiger partial charge in [-0.2, -0.15) is 4.98 Å². The molecule has 0 saturated heterocycles. The zero-order valence-corrected chi connectivity index (χ0v) is 11.7. The fourth-order valence-corrected chi connectivity index (χ4v) is 2.42. The number of urea groups is 1. The Balaban J connectivity index is 1.57. The van der Waals surface area contributed by atoms with Crippen molar-refractivity contribution in [2.75, 3.05) is 12.4 Å². The highest BCUT2D eigenvalue weighted by atomic mass is 16.5. The van der Waals surface area contributed by atoms with Gasteiger partial charge in [0.1, 0.15) is 11.6 Å². The van der Waals surface area contributed by atoms with Crippen LogP contribution in [0.25, 0.3) is 0 Å². The lowest BCUT2D eigenvalue weighted by Crippen LogP contribution is -2.43. The number of nitrogens with zero attached hydrogens (tertiary/aromatic N) is 3. The Morgan fingerprint density at radius 3 is 3.24 bits per heavy atom. The molecule has 110 valence electrons. The molecule has 0 fully saturated rings. The summed E-state index contributed by atoms with van der Waals surface area (Å²) in [6, 6.07) is 5.06. The summed E-state index contributed by atoms with van der Waals surface area (Å²) in [5, 5.41) is 5.67. The summed E-state index contributed by atoms with van der Waals surface area (Å²) in [5.74, 6) is 2.00. The zero-order chi connectivity index (χ0) is 14.7. The van der Waals surface area contributed by atoms with Gasteiger partial charge in [-0.05, 0) is 12.5 Å². The number of imidazole rings is 1. The predicted molar refractivity (Wildman–Crippen MR) is 77.3 cm³/mol. The highest BCUT2D eigenvalue weighted by Crippen LogP contribution is 2.14. The van der Waals surface area contributed by atoms with Gasteiger partial charge in [0.2, 0.25) is 5.88 Å². The summed E-state index contributed by atoms with van der Waals surface area (Å²) >= 11 is 0. The topological polar surface area (TPSA) is 81.1 Å². The van der Waals surface area contributed by atoms with Crippen molar-refractivity contribution in [3.63, 3.8) is 0 Å². The third-order valence-electron chi connectivity index (χ3n) is 3.44. The summed E-state index contributed by atoms with van der Waals surface area (Å²) in [7, 11) is 1.54. The monoisotopic (exact) mass is 287 g/mol. The number of carbonyl (C=O) groups excluding carboxylic acids is 1. The first kappa shape index (κ1) is 13.4. The molecular weight excluding hydrogens is 270 g/mol. The molecule has 2 amide bonds. The van der Waals surface area contributed by atoms with E-state index >= 15 is 0 Å². The minimum atomic E-state index is -0.260. The highest BCUT2D eigenvalue weighted by Gasteiger charge is 2.20. The summed E-state index contributed by atoms with van der Waals surface area (Å²) in [5.41, 5.74) is 0. The van der Waals surface area contributed by atoms with E-state index in [2.05, 4.69) is 25.2 Å². The molecule has 0 spiro atoms. The van der Waals surface area contributed by atoms with Crippen LogP contribution in [0.1, 0.15) is 12.2 Å². The second-order valence-electron chi connectivity index (χ2n) is 4.90. The van der Waals surface area contributed by atoms with E-state index in [1.165, 1.54) is 7.11 Å². The maximum Gasteiger partial charge on any atom is 0.320 e. The number of pyridine rings is 1. The zero-order valence-electron chi connectivity index (χ0n) is 11.7. The van der Waals surface area contributed by atoms with Crippen LogP contribution in [-0.4, -0.2) is 33.7 Å². The number of amides is 2. The largest absolute Gasteiger partial charge is 0.481 e. The van der Waals surface area contributed by atoms with Crippen LogP contribution in [0.3, 0.4) is 0 Å². The smallest absolute Gasteiger partial charge is 0.320 e. The molecule has 7 nitrogen and oxygen atoms in total. The van der Waals surface area contributed by atoms with Crippen LogP contribution < -0.4 is 15.4 Å². The third kappa shape index (κ3) is 3.13. The predicted octanol–water partition coefficient (Wildman–Crippen LogP) is 1.42. The number of aryl methyl sites for hydroxylation is 1. The van der Waals surface area contributed by atoms with Crippen molar-refractivity contribution in [3.8, 4) is 5.88 Å². The lowest BCUT2D eigenvalue weighted by molar-refractivity contribution is 0.244. The van der Waals surface area contributed by atoms with E-state index in [1.807, 2.05) is 6.20 Å². The van der Waals surface area contributed by atoms with Crippen molar-refractivity contribution in [1.29, 1.82) is 0 Å². The van der Waals surface area contributed by atoms with Crippen LogP contribution in [0.2, 0.25) is 0 Å². The number of methoxy groups -OCH3 is 1. The standard InChI is InChI=1S/C14H17N5O2/c1-21-13-4-2-3-11(17-13)18-14(20)16-10-5-6-12-15-7-8-19(12)9-10/h2-4,7-8,10H,5-6,9H2,1H3,(H2,16,17,18,20). The van der Waals surface area contributed by atoms with Crippen molar-refractivity contribution >= 4 is 11.8 Å². The molecular formula is C14H17N5O2. The van der Waals surface area contributed by atoms with Gasteiger partial charge in [0, 0.05) is 37.5 Å². The van der Waals surface area contributed by atoms with Gasteiger partial charge < -0.3 is 14.6 Å². The lowest BCUT2D eigenvalue weighted by Gasteiger charge is -2.24. The van der Waals surface area contributed by atoms with E-state index in [-0.39, 0.29) is 12.1 Å². The maximum absolute atomic E-state index is 12.0. The average molecular weight is 287 g/mol. The molecule has 1 unspecified atom stereocenters. The number of aromatic nitrogens is 3. The molecule has 0 aromatic carbocycles. The summed E-state index contributed by atoms with van der Waals surface area (Å²) in [6.45, 7) is 0.744. The number of hydrogen-bond acceptors (Lipinski definition) is 4. The molecule has 3 rings (SSSR count). The molecule has 0 saturated carbocycles. The Morgan fingerprint density at radius 2 is 2.38 bits per heavy atom. The Bertz CT molecular complexity index is 640. The Morgan fingerprint density at radius 1 is 1.48 bits per heavy atom. The van der Waals surface area contributed by atoms with Crippen LogP contribution in [0.4, 0.5) is 10.6 Å². The molecule has 7 heteroatoms. The molecule has 2 N–H and O–H groups in total. The van der Waals surface area contributed by atoms with Gasteiger partial charge in [-0.3, -0.25) is 5.32 Å². The van der Waals surface area contributed by atoms with Crippen LogP contribution in [-0.2, 0) is 13.0 Å². The molecule has 1 atom stereocenters. The van der Waals surface area contributed by atoms with Crippen molar-refractivity contribution in [3.05, 3.63) is 36.4 Å². The van der Waals surface area contributed by atoms with Gasteiger partial charge in [-0.15, -0.1) is 0 Å². The lowest BCUT2D eigenvalue weighted by atomic mass is 10.1. The van der Waals surface area contributed by atoms with Crippen LogP contribution in [0.15, 0.2) is 30.6 Å². The molecule has 21 heavy (non-hydrogen) atoms. The first-order chi connectivity index (χ1) is 10.2. The third-order valence-corrected chi connectivity index (χ3v) is 3.44. The number of nitrogens with one attached hydrogen (secondary N) is 2. The molecule has 0 radical (unpaired) electrons. The van der Waals surface area contributed by atoms with Crippen molar-refractivity contribution in [2.45, 2.75) is 25.4 Å². The van der Waals surface area contributed by atoms with Crippen molar-refractivity contribution < 1.29 is 9.53 Å². The van der Waals surface area contributed by atoms with E-state index in [4.69, 9.17) is 4.74 Å². The van der Waals surface area contributed by atoms with Crippen molar-refractivity contribution in [2.24, 2.45) is 0 Å². The highest BCUT2D eigenvalue weighted by molar-refractivity contribution is 5.88. The fraction of sp³-hybridized carbons (Fsp3) is 0.357. The number of rotatable bonds is 3. The Kier molecular flexibility index (Phi) is 3.72. The first-order valence-corrected chi connectivity index (χ1v) is 6.83. The van der Waals surface area contributed by atoms with Crippen LogP contribution in [0, 0.1) is 0 Å². The van der Waals surface area contributed by atoms with Crippen LogP contribution in [0.5, 0.6) is 5.88 Å². The second kappa shape index (κ2) is 5.82. The van der Waals surface area contributed by atoms with Crippen molar-refractivity contribution in [1.82, 2.24) is 19.9 Å². The first-order valence-electron chi connectivity index (χ1n) is 6.83. The minimum Gasteiger partial charge on any atom is -0.481 e. The van der Waals surface area contributed by atoms with Crippen LogP contribution >= 0.6 is 0 Å². The van der Waals surface area contributed by atoms with Gasteiger partial charge in [0.25, 0.3) is 0 Å². The van der Waals surface area contributed by atoms with E-state index in [0.29, 0.717) is 11.7 Å². The summed E-state index contributed by atoms with van der Waals surface area (Å²) in [6.07, 6.45) is 5.48. The quantitative estimate of drug-likeness (QED) is 0.894. The molecule has 2 aromatic heterocycles.